The van der Waals surface area contributed by atoms with Crippen LogP contribution >= 0.6 is 7.82 Å². The molecule has 10 heteroatoms. The van der Waals surface area contributed by atoms with Crippen molar-refractivity contribution in [3.8, 4) is 0 Å². The summed E-state index contributed by atoms with van der Waals surface area (Å²) in [5, 5.41) is 9.78. The van der Waals surface area contributed by atoms with Gasteiger partial charge < -0.3 is 24.4 Å². The van der Waals surface area contributed by atoms with Crippen molar-refractivity contribution in [2.75, 3.05) is 13.2 Å². The minimum Gasteiger partial charge on any atom is -0.462 e. The van der Waals surface area contributed by atoms with Crippen LogP contribution in [0.2, 0.25) is 0 Å². The number of hydrogen-bond acceptors (Lipinski definition) is 7. The van der Waals surface area contributed by atoms with E-state index in [2.05, 4.69) is 91.3 Å². The van der Waals surface area contributed by atoms with Gasteiger partial charge in [0.15, 0.2) is 6.10 Å². The van der Waals surface area contributed by atoms with E-state index < -0.39 is 32.5 Å². The molecule has 0 aliphatic rings. The summed E-state index contributed by atoms with van der Waals surface area (Å²) in [6.45, 7) is 3.29. The lowest BCUT2D eigenvalue weighted by Crippen LogP contribution is -2.29. The van der Waals surface area contributed by atoms with Crippen LogP contribution in [0.1, 0.15) is 123 Å². The average molecular weight is 759 g/mol. The SMILES string of the molecule is CC/C=C\C/C=C\C/C=C\C/C=C\C/C=C\CCCC(=O)O[C@H](COC(=O)CCC/C=C\C/C=C\C/C=C\C/C=C\[C@@H](O)CCCC)COP(=O)(O)O. The first-order valence-corrected chi connectivity index (χ1v) is 20.8. The smallest absolute Gasteiger partial charge is 0.462 e. The highest BCUT2D eigenvalue weighted by molar-refractivity contribution is 7.46. The third kappa shape index (κ3) is 39.7. The second-order valence-electron chi connectivity index (χ2n) is 12.3. The Balaban J connectivity index is 4.22. The molecule has 0 aromatic rings. The van der Waals surface area contributed by atoms with Gasteiger partial charge in [-0.05, 0) is 83.5 Å². The van der Waals surface area contributed by atoms with Crippen molar-refractivity contribution in [2.45, 2.75) is 135 Å². The first kappa shape index (κ1) is 49.7. The quantitative estimate of drug-likeness (QED) is 0.0258. The van der Waals surface area contributed by atoms with Gasteiger partial charge in [-0.25, -0.2) is 4.57 Å². The van der Waals surface area contributed by atoms with Crippen molar-refractivity contribution in [1.82, 2.24) is 0 Å². The van der Waals surface area contributed by atoms with E-state index in [4.69, 9.17) is 19.3 Å². The number of hydrogen-bond donors (Lipinski definition) is 3. The fourth-order valence-electron chi connectivity index (χ4n) is 4.48. The van der Waals surface area contributed by atoms with Gasteiger partial charge in [-0.1, -0.05) is 136 Å². The lowest BCUT2D eigenvalue weighted by atomic mass is 10.1. The number of phosphoric ester groups is 1. The summed E-state index contributed by atoms with van der Waals surface area (Å²) in [4.78, 5) is 42.7. The molecular formula is C43H67O9P. The maximum Gasteiger partial charge on any atom is 0.469 e. The van der Waals surface area contributed by atoms with E-state index in [-0.39, 0.29) is 25.6 Å². The molecule has 2 atom stereocenters. The van der Waals surface area contributed by atoms with Crippen LogP contribution in [0.15, 0.2) is 109 Å². The Morgan fingerprint density at radius 3 is 1.47 bits per heavy atom. The molecule has 0 spiro atoms. The summed E-state index contributed by atoms with van der Waals surface area (Å²) in [6.07, 6.45) is 48.7. The monoisotopic (exact) mass is 758 g/mol. The van der Waals surface area contributed by atoms with Crippen LogP contribution in [0.25, 0.3) is 0 Å². The third-order valence-corrected chi connectivity index (χ3v) is 7.83. The third-order valence-electron chi connectivity index (χ3n) is 7.35. The number of unbranched alkanes of at least 4 members (excludes halogenated alkanes) is 3. The molecule has 0 saturated carbocycles. The normalized spacial score (nSPS) is 14.3. The topological polar surface area (TPSA) is 140 Å². The van der Waals surface area contributed by atoms with Gasteiger partial charge in [0, 0.05) is 12.8 Å². The molecule has 0 bridgehead atoms. The molecule has 0 aliphatic heterocycles. The lowest BCUT2D eigenvalue weighted by molar-refractivity contribution is -0.161. The maximum atomic E-state index is 12.4. The van der Waals surface area contributed by atoms with E-state index in [9.17, 15) is 19.3 Å². The van der Waals surface area contributed by atoms with E-state index in [1.165, 1.54) is 0 Å². The van der Waals surface area contributed by atoms with E-state index in [1.807, 2.05) is 36.5 Å². The van der Waals surface area contributed by atoms with Crippen molar-refractivity contribution in [2.24, 2.45) is 0 Å². The second-order valence-corrected chi connectivity index (χ2v) is 13.6. The van der Waals surface area contributed by atoms with Gasteiger partial charge in [-0.2, -0.15) is 0 Å². The molecule has 0 aromatic carbocycles. The van der Waals surface area contributed by atoms with Gasteiger partial charge in [0.05, 0.1) is 12.7 Å². The number of aliphatic hydroxyl groups is 1. The minimum absolute atomic E-state index is 0.107. The molecule has 0 fully saturated rings. The van der Waals surface area contributed by atoms with E-state index in [0.717, 1.165) is 70.6 Å². The van der Waals surface area contributed by atoms with E-state index in [1.54, 1.807) is 0 Å². The number of aliphatic hydroxyl groups excluding tert-OH is 1. The number of allylic oxidation sites excluding steroid dienone is 17. The highest BCUT2D eigenvalue weighted by Gasteiger charge is 2.22. The van der Waals surface area contributed by atoms with Crippen LogP contribution in [-0.4, -0.2) is 52.3 Å². The first-order valence-electron chi connectivity index (χ1n) is 19.3. The minimum atomic E-state index is -4.80. The molecule has 298 valence electrons. The Morgan fingerprint density at radius 2 is 1.02 bits per heavy atom. The fourth-order valence-corrected chi connectivity index (χ4v) is 4.84. The number of carbonyl (C=O) groups is 2. The van der Waals surface area contributed by atoms with E-state index in [0.29, 0.717) is 25.7 Å². The van der Waals surface area contributed by atoms with Crippen LogP contribution in [0.5, 0.6) is 0 Å². The van der Waals surface area contributed by atoms with Gasteiger partial charge in [0.25, 0.3) is 0 Å². The summed E-state index contributed by atoms with van der Waals surface area (Å²) >= 11 is 0. The van der Waals surface area contributed by atoms with Gasteiger partial charge >= 0.3 is 19.8 Å². The fraction of sp³-hybridized carbons (Fsp3) is 0.535. The molecule has 0 aromatic heterocycles. The number of carbonyl (C=O) groups excluding carboxylic acids is 2. The predicted octanol–water partition coefficient (Wildman–Crippen LogP) is 10.6. The Bertz CT molecular complexity index is 1230. The molecule has 0 amide bonds. The Morgan fingerprint density at radius 1 is 0.585 bits per heavy atom. The first-order chi connectivity index (χ1) is 25.7. The molecule has 0 radical (unpaired) electrons. The van der Waals surface area contributed by atoms with Crippen LogP contribution < -0.4 is 0 Å². The molecule has 0 rings (SSSR count). The van der Waals surface area contributed by atoms with Crippen LogP contribution in [-0.2, 0) is 28.2 Å². The molecule has 0 heterocycles. The molecule has 0 unspecified atom stereocenters. The van der Waals surface area contributed by atoms with Crippen molar-refractivity contribution >= 4 is 19.8 Å². The van der Waals surface area contributed by atoms with Gasteiger partial charge in [-0.15, -0.1) is 0 Å². The molecule has 3 N–H and O–H groups in total. The molecule has 0 saturated heterocycles. The Hall–Kier alpha value is -3.33. The van der Waals surface area contributed by atoms with E-state index >= 15 is 0 Å². The number of ether oxygens (including phenoxy) is 2. The zero-order chi connectivity index (χ0) is 39.1. The lowest BCUT2D eigenvalue weighted by Gasteiger charge is -2.18. The largest absolute Gasteiger partial charge is 0.469 e. The standard InChI is InChI=1S/C43H67O9P/c1-3-5-7-8-9-10-11-12-13-14-15-16-21-24-27-30-33-37-43(46)52-41(39-51-53(47,48)49)38-50-42(45)36-32-29-26-23-20-18-17-19-22-25-28-31-35-40(44)34-6-4-2/h5,7,9-10,12-13,15-18,22-27,31,35,40-41,44H,3-4,6,8,11,14,19-21,28-30,32-34,36-39H2,1-2H3,(H2,47,48,49)/b7-5-,10-9-,13-12-,16-15-,18-17-,25-22-,26-23-,27-24-,35-31-/t40-,41+/m0/s1. The van der Waals surface area contributed by atoms with Crippen molar-refractivity contribution in [3.63, 3.8) is 0 Å². The summed E-state index contributed by atoms with van der Waals surface area (Å²) in [5.74, 6) is -1.06. The molecule has 53 heavy (non-hydrogen) atoms. The summed E-state index contributed by atoms with van der Waals surface area (Å²) in [5.41, 5.74) is 0. The van der Waals surface area contributed by atoms with Crippen LogP contribution in [0, 0.1) is 0 Å². The molecule has 0 aliphatic carbocycles. The zero-order valence-corrected chi connectivity index (χ0v) is 33.1. The Kier molecular flexibility index (Phi) is 34.7. The number of phosphoric acid groups is 1. The van der Waals surface area contributed by atoms with Crippen molar-refractivity contribution < 1.29 is 43.0 Å². The molecule has 9 nitrogen and oxygen atoms in total. The Labute approximate surface area is 319 Å². The summed E-state index contributed by atoms with van der Waals surface area (Å²) < 4.78 is 26.2. The second kappa shape index (κ2) is 37.0. The van der Waals surface area contributed by atoms with Crippen LogP contribution in [0.4, 0.5) is 0 Å². The van der Waals surface area contributed by atoms with Crippen molar-refractivity contribution in [1.29, 1.82) is 0 Å². The summed E-state index contributed by atoms with van der Waals surface area (Å²) in [6, 6.07) is 0. The highest BCUT2D eigenvalue weighted by atomic mass is 31.2. The van der Waals surface area contributed by atoms with Gasteiger partial charge in [0.1, 0.15) is 6.61 Å². The molecular weight excluding hydrogens is 691 g/mol. The highest BCUT2D eigenvalue weighted by Crippen LogP contribution is 2.35. The zero-order valence-electron chi connectivity index (χ0n) is 32.2. The van der Waals surface area contributed by atoms with Crippen LogP contribution in [0.3, 0.4) is 0 Å². The maximum absolute atomic E-state index is 12.4. The number of esters is 2. The number of rotatable bonds is 33. The summed E-state index contributed by atoms with van der Waals surface area (Å²) in [7, 11) is -4.80. The van der Waals surface area contributed by atoms with Crippen molar-refractivity contribution in [3.05, 3.63) is 109 Å². The van der Waals surface area contributed by atoms with Gasteiger partial charge in [0.2, 0.25) is 0 Å². The van der Waals surface area contributed by atoms with Gasteiger partial charge in [-0.3, -0.25) is 14.1 Å². The predicted molar refractivity (Wildman–Crippen MR) is 217 cm³/mol. The average Bonchev–Trinajstić information content (AvgIpc) is 3.12.